The zero-order valence-electron chi connectivity index (χ0n) is 11.7. The molecule has 2 aliphatic rings. The fraction of sp³-hybridized carbons (Fsp3) is 0.933. The van der Waals surface area contributed by atoms with Crippen LogP contribution in [0, 0.1) is 12.0 Å². The average molecular weight is 221 g/mol. The van der Waals surface area contributed by atoms with Crippen LogP contribution in [0.25, 0.3) is 0 Å². The van der Waals surface area contributed by atoms with Crippen molar-refractivity contribution >= 4 is 0 Å². The van der Waals surface area contributed by atoms with Crippen molar-refractivity contribution < 1.29 is 0 Å². The maximum absolute atomic E-state index is 3.87. The molecular weight excluding hydrogens is 194 g/mol. The maximum atomic E-state index is 3.87. The van der Waals surface area contributed by atoms with Gasteiger partial charge in [-0.25, -0.2) is 0 Å². The molecule has 16 heavy (non-hydrogen) atoms. The van der Waals surface area contributed by atoms with E-state index in [-0.39, 0.29) is 11.1 Å². The summed E-state index contributed by atoms with van der Waals surface area (Å²) in [5.74, 6) is 0. The van der Waals surface area contributed by atoms with Crippen LogP contribution in [-0.4, -0.2) is 16.0 Å². The first-order chi connectivity index (χ1) is 7.25. The Morgan fingerprint density at radius 2 is 1.56 bits per heavy atom. The standard InChI is InChI=1S/C15H27N/c1-13(2,3)16-12-15(11-14(16,4)5)9-7-6-8-10-15/h6-11H2,1-5H3. The third-order valence-corrected chi connectivity index (χ3v) is 4.21. The summed E-state index contributed by atoms with van der Waals surface area (Å²) < 4.78 is 0. The van der Waals surface area contributed by atoms with Gasteiger partial charge in [-0.3, -0.25) is 4.90 Å². The third-order valence-electron chi connectivity index (χ3n) is 4.21. The van der Waals surface area contributed by atoms with Gasteiger partial charge in [-0.05, 0) is 59.3 Å². The van der Waals surface area contributed by atoms with E-state index in [1.807, 2.05) is 0 Å². The van der Waals surface area contributed by atoms with Crippen molar-refractivity contribution in [3.63, 3.8) is 0 Å². The van der Waals surface area contributed by atoms with Crippen LogP contribution in [-0.2, 0) is 0 Å². The molecule has 1 aliphatic heterocycles. The van der Waals surface area contributed by atoms with Crippen molar-refractivity contribution in [1.29, 1.82) is 0 Å². The molecule has 1 aliphatic carbocycles. The molecule has 1 heteroatoms. The van der Waals surface area contributed by atoms with E-state index >= 15 is 0 Å². The van der Waals surface area contributed by atoms with Crippen LogP contribution < -0.4 is 0 Å². The monoisotopic (exact) mass is 221 g/mol. The Labute approximate surface area is 102 Å². The summed E-state index contributed by atoms with van der Waals surface area (Å²) >= 11 is 0. The fourth-order valence-electron chi connectivity index (χ4n) is 3.93. The molecule has 0 N–H and O–H groups in total. The second kappa shape index (κ2) is 3.73. The van der Waals surface area contributed by atoms with Crippen molar-refractivity contribution in [1.82, 2.24) is 4.90 Å². The summed E-state index contributed by atoms with van der Waals surface area (Å²) in [5, 5.41) is 0. The Kier molecular flexibility index (Phi) is 2.89. The SMILES string of the molecule is CC(C)(C)N1[C]C2(CCCCC2)CC1(C)C. The van der Waals surface area contributed by atoms with Crippen molar-refractivity contribution in [3.05, 3.63) is 6.54 Å². The lowest BCUT2D eigenvalue weighted by atomic mass is 9.71. The second-order valence-corrected chi connectivity index (χ2v) is 7.45. The summed E-state index contributed by atoms with van der Waals surface area (Å²) in [4.78, 5) is 2.51. The number of rotatable bonds is 0. The summed E-state index contributed by atoms with van der Waals surface area (Å²) in [6, 6.07) is 0. The van der Waals surface area contributed by atoms with Gasteiger partial charge in [0.15, 0.2) is 0 Å². The molecule has 1 spiro atoms. The highest BCUT2D eigenvalue weighted by atomic mass is 15.3. The van der Waals surface area contributed by atoms with Crippen molar-refractivity contribution in [3.8, 4) is 0 Å². The van der Waals surface area contributed by atoms with Gasteiger partial charge in [-0.2, -0.15) is 0 Å². The zero-order chi connectivity index (χ0) is 12.0. The van der Waals surface area contributed by atoms with Gasteiger partial charge in [-0.15, -0.1) is 0 Å². The molecule has 92 valence electrons. The second-order valence-electron chi connectivity index (χ2n) is 7.45. The molecule has 2 radical (unpaired) electrons. The Morgan fingerprint density at radius 3 is 2.00 bits per heavy atom. The maximum Gasteiger partial charge on any atom is 0.0693 e. The highest BCUT2D eigenvalue weighted by Gasteiger charge is 2.52. The average Bonchev–Trinajstić information content (AvgIpc) is 2.38. The van der Waals surface area contributed by atoms with Gasteiger partial charge in [0.1, 0.15) is 0 Å². The molecule has 0 unspecified atom stereocenters. The number of nitrogens with zero attached hydrogens (tertiary/aromatic N) is 1. The van der Waals surface area contributed by atoms with E-state index in [0.29, 0.717) is 5.41 Å². The van der Waals surface area contributed by atoms with Crippen molar-refractivity contribution in [2.45, 2.75) is 84.2 Å². The van der Waals surface area contributed by atoms with Crippen LogP contribution in [0.3, 0.4) is 0 Å². The van der Waals surface area contributed by atoms with E-state index in [9.17, 15) is 0 Å². The Morgan fingerprint density at radius 1 is 1.00 bits per heavy atom. The van der Waals surface area contributed by atoms with E-state index in [0.717, 1.165) is 0 Å². The number of hydrogen-bond donors (Lipinski definition) is 0. The van der Waals surface area contributed by atoms with Crippen LogP contribution >= 0.6 is 0 Å². The molecule has 2 fully saturated rings. The Bertz CT molecular complexity index is 253. The lowest BCUT2D eigenvalue weighted by molar-refractivity contribution is 0.0916. The van der Waals surface area contributed by atoms with E-state index in [2.05, 4.69) is 46.1 Å². The summed E-state index contributed by atoms with van der Waals surface area (Å²) in [6.07, 6.45) is 8.27. The summed E-state index contributed by atoms with van der Waals surface area (Å²) in [5.41, 5.74) is 0.912. The minimum atomic E-state index is 0.213. The van der Waals surface area contributed by atoms with Gasteiger partial charge >= 0.3 is 0 Å². The molecule has 0 aromatic heterocycles. The predicted octanol–water partition coefficient (Wildman–Crippen LogP) is 4.26. The molecular formula is C15H27N. The van der Waals surface area contributed by atoms with Crippen LogP contribution in [0.4, 0.5) is 0 Å². The molecule has 0 aromatic rings. The van der Waals surface area contributed by atoms with Crippen LogP contribution in [0.1, 0.15) is 73.1 Å². The Balaban J connectivity index is 2.18. The van der Waals surface area contributed by atoms with E-state index in [1.165, 1.54) is 38.5 Å². The highest BCUT2D eigenvalue weighted by molar-refractivity contribution is 5.12. The molecule has 1 heterocycles. The smallest absolute Gasteiger partial charge is 0.0693 e. The first-order valence-electron chi connectivity index (χ1n) is 6.84. The highest BCUT2D eigenvalue weighted by Crippen LogP contribution is 2.54. The fourth-order valence-corrected chi connectivity index (χ4v) is 3.93. The topological polar surface area (TPSA) is 3.24 Å². The molecule has 1 saturated heterocycles. The molecule has 2 rings (SSSR count). The summed E-state index contributed by atoms with van der Waals surface area (Å²) in [7, 11) is 0. The number of hydrogen-bond acceptors (Lipinski definition) is 1. The van der Waals surface area contributed by atoms with E-state index < -0.39 is 0 Å². The lowest BCUT2D eigenvalue weighted by Crippen LogP contribution is -2.48. The van der Waals surface area contributed by atoms with Gasteiger partial charge in [0, 0.05) is 11.1 Å². The third kappa shape index (κ3) is 2.16. The predicted molar refractivity (Wildman–Crippen MR) is 69.0 cm³/mol. The van der Waals surface area contributed by atoms with E-state index in [1.54, 1.807) is 0 Å². The normalized spacial score (nSPS) is 29.8. The van der Waals surface area contributed by atoms with Gasteiger partial charge in [-0.1, -0.05) is 19.3 Å². The van der Waals surface area contributed by atoms with Crippen LogP contribution in [0.5, 0.6) is 0 Å². The van der Waals surface area contributed by atoms with Gasteiger partial charge in [0.2, 0.25) is 0 Å². The molecule has 1 saturated carbocycles. The molecule has 0 atom stereocenters. The van der Waals surface area contributed by atoms with Gasteiger partial charge in [0.05, 0.1) is 6.54 Å². The first-order valence-corrected chi connectivity index (χ1v) is 6.84. The van der Waals surface area contributed by atoms with Gasteiger partial charge < -0.3 is 0 Å². The first kappa shape index (κ1) is 12.4. The summed E-state index contributed by atoms with van der Waals surface area (Å²) in [6.45, 7) is 15.6. The molecule has 0 aromatic carbocycles. The van der Waals surface area contributed by atoms with Gasteiger partial charge in [0.25, 0.3) is 0 Å². The van der Waals surface area contributed by atoms with Crippen LogP contribution in [0.15, 0.2) is 0 Å². The van der Waals surface area contributed by atoms with Crippen LogP contribution in [0.2, 0.25) is 0 Å². The zero-order valence-corrected chi connectivity index (χ0v) is 11.7. The quantitative estimate of drug-likeness (QED) is 0.591. The van der Waals surface area contributed by atoms with Crippen molar-refractivity contribution in [2.24, 2.45) is 5.41 Å². The molecule has 0 amide bonds. The minimum absolute atomic E-state index is 0.213. The largest absolute Gasteiger partial charge is 0.283 e. The van der Waals surface area contributed by atoms with Crippen molar-refractivity contribution in [2.75, 3.05) is 0 Å². The Hall–Kier alpha value is -0.0400. The molecule has 0 bridgehead atoms. The van der Waals surface area contributed by atoms with E-state index in [4.69, 9.17) is 0 Å². The minimum Gasteiger partial charge on any atom is -0.283 e. The number of likely N-dealkylation sites (tertiary alicyclic amines) is 1. The lowest BCUT2D eigenvalue weighted by Gasteiger charge is -2.41. The molecule has 1 nitrogen and oxygen atoms in total.